The Morgan fingerprint density at radius 1 is 1.00 bits per heavy atom. The summed E-state index contributed by atoms with van der Waals surface area (Å²) in [7, 11) is 3.40. The van der Waals surface area contributed by atoms with E-state index >= 15 is 0 Å². The zero-order valence-electron chi connectivity index (χ0n) is 15.4. The van der Waals surface area contributed by atoms with Crippen LogP contribution in [0.25, 0.3) is 0 Å². The van der Waals surface area contributed by atoms with Gasteiger partial charge < -0.3 is 15.0 Å². The van der Waals surface area contributed by atoms with Gasteiger partial charge in [-0.2, -0.15) is 0 Å². The first-order valence-electron chi connectivity index (χ1n) is 8.64. The summed E-state index contributed by atoms with van der Waals surface area (Å²) in [5.74, 6) is 1.28. The van der Waals surface area contributed by atoms with Crippen LogP contribution >= 0.6 is 0 Å². The number of benzene rings is 2. The molecule has 0 unspecified atom stereocenters. The van der Waals surface area contributed by atoms with Crippen molar-refractivity contribution in [1.82, 2.24) is 14.9 Å². The van der Waals surface area contributed by atoms with Gasteiger partial charge in [0.1, 0.15) is 17.3 Å². The molecule has 0 aliphatic rings. The van der Waals surface area contributed by atoms with Crippen LogP contribution in [0.15, 0.2) is 67.0 Å². The molecule has 1 amide bonds. The zero-order valence-corrected chi connectivity index (χ0v) is 15.4. The van der Waals surface area contributed by atoms with E-state index in [1.807, 2.05) is 54.6 Å². The van der Waals surface area contributed by atoms with Gasteiger partial charge in [0, 0.05) is 20.1 Å². The molecule has 138 valence electrons. The van der Waals surface area contributed by atoms with Crippen LogP contribution in [0.1, 0.15) is 21.6 Å². The molecular weight excluding hydrogens is 340 g/mol. The third kappa shape index (κ3) is 5.04. The molecule has 6 nitrogen and oxygen atoms in total. The fourth-order valence-corrected chi connectivity index (χ4v) is 2.59. The van der Waals surface area contributed by atoms with E-state index in [2.05, 4.69) is 15.3 Å². The van der Waals surface area contributed by atoms with E-state index in [9.17, 15) is 4.79 Å². The molecule has 0 saturated heterocycles. The van der Waals surface area contributed by atoms with E-state index in [0.717, 1.165) is 16.9 Å². The molecule has 3 rings (SSSR count). The summed E-state index contributed by atoms with van der Waals surface area (Å²) in [5.41, 5.74) is 2.49. The van der Waals surface area contributed by atoms with E-state index in [1.165, 1.54) is 6.20 Å². The molecule has 0 bridgehead atoms. The number of amides is 1. The minimum Gasteiger partial charge on any atom is -0.497 e. The fraction of sp³-hybridized carbons (Fsp3) is 0.190. The van der Waals surface area contributed by atoms with Crippen LogP contribution in [0.4, 0.5) is 5.82 Å². The van der Waals surface area contributed by atoms with E-state index in [-0.39, 0.29) is 5.91 Å². The average Bonchev–Trinajstić information content (AvgIpc) is 2.73. The number of ether oxygens (including phenoxy) is 1. The van der Waals surface area contributed by atoms with Crippen molar-refractivity contribution in [3.8, 4) is 5.75 Å². The first kappa shape index (κ1) is 18.4. The van der Waals surface area contributed by atoms with Gasteiger partial charge in [-0.3, -0.25) is 4.79 Å². The van der Waals surface area contributed by atoms with Crippen LogP contribution in [0.5, 0.6) is 5.75 Å². The Bertz CT molecular complexity index is 865. The summed E-state index contributed by atoms with van der Waals surface area (Å²) < 4.78 is 5.15. The van der Waals surface area contributed by atoms with Crippen LogP contribution in [0.3, 0.4) is 0 Å². The molecule has 1 N–H and O–H groups in total. The summed E-state index contributed by atoms with van der Waals surface area (Å²) in [5, 5.41) is 3.19. The van der Waals surface area contributed by atoms with Gasteiger partial charge in [-0.1, -0.05) is 42.5 Å². The third-order valence-electron chi connectivity index (χ3n) is 4.11. The van der Waals surface area contributed by atoms with Gasteiger partial charge in [0.15, 0.2) is 0 Å². The minimum absolute atomic E-state index is 0.159. The first-order valence-corrected chi connectivity index (χ1v) is 8.64. The van der Waals surface area contributed by atoms with Crippen LogP contribution in [-0.2, 0) is 13.1 Å². The Morgan fingerprint density at radius 3 is 2.37 bits per heavy atom. The fourth-order valence-electron chi connectivity index (χ4n) is 2.59. The molecule has 0 radical (unpaired) electrons. The number of anilines is 1. The SMILES string of the molecule is COc1ccc(CNc2cnc(C(=O)N(C)Cc3ccccc3)cn2)cc1. The maximum atomic E-state index is 12.5. The highest BCUT2D eigenvalue weighted by atomic mass is 16.5. The Labute approximate surface area is 158 Å². The maximum Gasteiger partial charge on any atom is 0.274 e. The normalized spacial score (nSPS) is 10.3. The Morgan fingerprint density at radius 2 is 1.74 bits per heavy atom. The van der Waals surface area contributed by atoms with Crippen molar-refractivity contribution in [2.75, 3.05) is 19.5 Å². The van der Waals surface area contributed by atoms with E-state index in [1.54, 1.807) is 25.3 Å². The highest BCUT2D eigenvalue weighted by molar-refractivity contribution is 5.91. The Hall–Kier alpha value is -3.41. The van der Waals surface area contributed by atoms with E-state index in [0.29, 0.717) is 24.6 Å². The van der Waals surface area contributed by atoms with Crippen LogP contribution in [0, 0.1) is 0 Å². The van der Waals surface area contributed by atoms with E-state index < -0.39 is 0 Å². The lowest BCUT2D eigenvalue weighted by molar-refractivity contribution is 0.0779. The molecule has 0 fully saturated rings. The molecule has 1 aromatic heterocycles. The second kappa shape index (κ2) is 8.80. The summed E-state index contributed by atoms with van der Waals surface area (Å²) in [6, 6.07) is 17.6. The first-order chi connectivity index (χ1) is 13.2. The Balaban J connectivity index is 1.56. The number of hydrogen-bond donors (Lipinski definition) is 1. The van der Waals surface area contributed by atoms with Crippen LogP contribution < -0.4 is 10.1 Å². The number of rotatable bonds is 7. The van der Waals surface area contributed by atoms with Crippen LogP contribution in [-0.4, -0.2) is 34.9 Å². The molecule has 6 heteroatoms. The molecule has 0 aliphatic heterocycles. The second-order valence-corrected chi connectivity index (χ2v) is 6.14. The largest absolute Gasteiger partial charge is 0.497 e. The van der Waals surface area contributed by atoms with Gasteiger partial charge in [0.05, 0.1) is 19.5 Å². The average molecular weight is 362 g/mol. The lowest BCUT2D eigenvalue weighted by atomic mass is 10.2. The smallest absolute Gasteiger partial charge is 0.274 e. The molecule has 2 aromatic carbocycles. The third-order valence-corrected chi connectivity index (χ3v) is 4.11. The number of methoxy groups -OCH3 is 1. The number of aromatic nitrogens is 2. The predicted octanol–water partition coefficient (Wildman–Crippen LogP) is 3.37. The quantitative estimate of drug-likeness (QED) is 0.698. The maximum absolute atomic E-state index is 12.5. The molecule has 0 aliphatic carbocycles. The van der Waals surface area contributed by atoms with Crippen LogP contribution in [0.2, 0.25) is 0 Å². The number of nitrogens with one attached hydrogen (secondary N) is 1. The van der Waals surface area contributed by atoms with Crippen molar-refractivity contribution in [2.45, 2.75) is 13.1 Å². The van der Waals surface area contributed by atoms with Crippen molar-refractivity contribution >= 4 is 11.7 Å². The van der Waals surface area contributed by atoms with Crippen molar-refractivity contribution in [3.05, 3.63) is 83.8 Å². The summed E-state index contributed by atoms with van der Waals surface area (Å²) >= 11 is 0. The number of carbonyl (C=O) groups is 1. The van der Waals surface area contributed by atoms with Gasteiger partial charge in [-0.15, -0.1) is 0 Å². The summed E-state index contributed by atoms with van der Waals surface area (Å²) in [6.45, 7) is 1.14. The minimum atomic E-state index is -0.159. The van der Waals surface area contributed by atoms with Gasteiger partial charge in [0.25, 0.3) is 5.91 Å². The van der Waals surface area contributed by atoms with Crippen molar-refractivity contribution < 1.29 is 9.53 Å². The zero-order chi connectivity index (χ0) is 19.1. The Kier molecular flexibility index (Phi) is 5.99. The molecule has 27 heavy (non-hydrogen) atoms. The monoisotopic (exact) mass is 362 g/mol. The predicted molar refractivity (Wildman–Crippen MR) is 105 cm³/mol. The van der Waals surface area contributed by atoms with Gasteiger partial charge in [-0.25, -0.2) is 9.97 Å². The molecule has 0 saturated carbocycles. The number of hydrogen-bond acceptors (Lipinski definition) is 5. The molecule has 0 atom stereocenters. The standard InChI is InChI=1S/C21H22N4O2/c1-25(15-17-6-4-3-5-7-17)21(26)19-13-24-20(14-22-19)23-12-16-8-10-18(27-2)11-9-16/h3-11,13-14H,12,15H2,1-2H3,(H,23,24). The van der Waals surface area contributed by atoms with Crippen molar-refractivity contribution in [1.29, 1.82) is 0 Å². The van der Waals surface area contributed by atoms with Gasteiger partial charge in [0.2, 0.25) is 0 Å². The van der Waals surface area contributed by atoms with E-state index in [4.69, 9.17) is 4.74 Å². The number of nitrogens with zero attached hydrogens (tertiary/aromatic N) is 3. The molecule has 3 aromatic rings. The van der Waals surface area contributed by atoms with Crippen molar-refractivity contribution in [2.24, 2.45) is 0 Å². The van der Waals surface area contributed by atoms with Gasteiger partial charge >= 0.3 is 0 Å². The molecule has 0 spiro atoms. The summed E-state index contributed by atoms with van der Waals surface area (Å²) in [6.07, 6.45) is 3.08. The second-order valence-electron chi connectivity index (χ2n) is 6.14. The highest BCUT2D eigenvalue weighted by Gasteiger charge is 2.14. The molecular formula is C21H22N4O2. The number of carbonyl (C=O) groups excluding carboxylic acids is 1. The lowest BCUT2D eigenvalue weighted by Crippen LogP contribution is -2.27. The lowest BCUT2D eigenvalue weighted by Gasteiger charge is -2.16. The van der Waals surface area contributed by atoms with Gasteiger partial charge in [-0.05, 0) is 23.3 Å². The highest BCUT2D eigenvalue weighted by Crippen LogP contribution is 2.13. The van der Waals surface area contributed by atoms with Crippen molar-refractivity contribution in [3.63, 3.8) is 0 Å². The summed E-state index contributed by atoms with van der Waals surface area (Å²) in [4.78, 5) is 22.7. The topological polar surface area (TPSA) is 67.3 Å². The molecule has 1 heterocycles.